The van der Waals surface area contributed by atoms with Crippen LogP contribution in [0.15, 0.2) is 59.8 Å². The van der Waals surface area contributed by atoms with E-state index in [-0.39, 0.29) is 11.9 Å². The molecule has 1 unspecified atom stereocenters. The standard InChI is InChI=1S/C20H18ClN7O/c1-12(29)24-16-6-2-4-13(8-16)14-9-18(19(22)23-11-14)20-25-26-27-28(20)17-7-3-5-15(21)10-17/h2-6,8-11,17H,7H2,1H3,(H2,22,23)(H,24,29). The SMILES string of the molecule is CC(=O)Nc1cccc(-c2cnc(N)c(-c3nnnn3C3C=C(Cl)C=CC3)c2)c1. The number of amides is 1. The van der Waals surface area contributed by atoms with Gasteiger partial charge in [-0.3, -0.25) is 4.79 Å². The summed E-state index contributed by atoms with van der Waals surface area (Å²) in [5, 5.41) is 15.5. The van der Waals surface area contributed by atoms with E-state index in [0.29, 0.717) is 27.9 Å². The Kier molecular flexibility index (Phi) is 5.09. The molecule has 3 aromatic rings. The van der Waals surface area contributed by atoms with Crippen molar-refractivity contribution in [1.29, 1.82) is 0 Å². The number of carbonyl (C=O) groups excluding carboxylic acids is 1. The summed E-state index contributed by atoms with van der Waals surface area (Å²) < 4.78 is 1.69. The Bertz CT molecular complexity index is 1140. The molecule has 0 bridgehead atoms. The van der Waals surface area contributed by atoms with Gasteiger partial charge in [0.15, 0.2) is 5.82 Å². The van der Waals surface area contributed by atoms with Gasteiger partial charge in [0, 0.05) is 29.4 Å². The van der Waals surface area contributed by atoms with E-state index in [1.807, 2.05) is 48.6 Å². The second kappa shape index (κ2) is 7.84. The van der Waals surface area contributed by atoms with Crippen LogP contribution in [0.25, 0.3) is 22.5 Å². The molecule has 1 aliphatic rings. The van der Waals surface area contributed by atoms with Gasteiger partial charge in [-0.2, -0.15) is 0 Å². The zero-order chi connectivity index (χ0) is 20.4. The Morgan fingerprint density at radius 3 is 2.97 bits per heavy atom. The number of nitrogens with one attached hydrogen (secondary N) is 1. The molecule has 9 heteroatoms. The molecule has 3 N–H and O–H groups in total. The molecular weight excluding hydrogens is 390 g/mol. The van der Waals surface area contributed by atoms with Crippen molar-refractivity contribution in [2.24, 2.45) is 0 Å². The second-order valence-electron chi connectivity index (χ2n) is 6.62. The molecular formula is C20H18ClN7O. The van der Waals surface area contributed by atoms with Crippen LogP contribution in [0.1, 0.15) is 19.4 Å². The predicted octanol–water partition coefficient (Wildman–Crippen LogP) is 3.57. The number of tetrazole rings is 1. The molecule has 4 rings (SSSR count). The Morgan fingerprint density at radius 1 is 1.31 bits per heavy atom. The first-order valence-electron chi connectivity index (χ1n) is 8.97. The van der Waals surface area contributed by atoms with Crippen LogP contribution in [0.2, 0.25) is 0 Å². The van der Waals surface area contributed by atoms with Crippen LogP contribution in [0.5, 0.6) is 0 Å². The van der Waals surface area contributed by atoms with Gasteiger partial charge in [0.1, 0.15) is 5.82 Å². The number of hydrogen-bond donors (Lipinski definition) is 2. The van der Waals surface area contributed by atoms with Crippen LogP contribution in [0.4, 0.5) is 11.5 Å². The summed E-state index contributed by atoms with van der Waals surface area (Å²) in [6.07, 6.45) is 8.12. The molecule has 2 aromatic heterocycles. The smallest absolute Gasteiger partial charge is 0.221 e. The molecule has 2 heterocycles. The lowest BCUT2D eigenvalue weighted by atomic mass is 10.0. The quantitative estimate of drug-likeness (QED) is 0.683. The number of nitrogens with two attached hydrogens (primary N) is 1. The minimum atomic E-state index is -0.134. The van der Waals surface area contributed by atoms with E-state index < -0.39 is 0 Å². The highest BCUT2D eigenvalue weighted by molar-refractivity contribution is 6.31. The predicted molar refractivity (Wildman–Crippen MR) is 112 cm³/mol. The number of benzene rings is 1. The summed E-state index contributed by atoms with van der Waals surface area (Å²) in [6.45, 7) is 1.47. The summed E-state index contributed by atoms with van der Waals surface area (Å²) in [7, 11) is 0. The molecule has 0 spiro atoms. The van der Waals surface area contributed by atoms with Crippen molar-refractivity contribution in [1.82, 2.24) is 25.2 Å². The fourth-order valence-corrected chi connectivity index (χ4v) is 3.42. The van der Waals surface area contributed by atoms with Gasteiger partial charge in [-0.1, -0.05) is 29.8 Å². The number of nitrogen functional groups attached to an aromatic ring is 1. The topological polar surface area (TPSA) is 112 Å². The highest BCUT2D eigenvalue weighted by atomic mass is 35.5. The maximum absolute atomic E-state index is 11.3. The van der Waals surface area contributed by atoms with Crippen molar-refractivity contribution < 1.29 is 4.79 Å². The van der Waals surface area contributed by atoms with Crippen molar-refractivity contribution >= 4 is 29.0 Å². The van der Waals surface area contributed by atoms with Crippen LogP contribution < -0.4 is 11.1 Å². The highest BCUT2D eigenvalue weighted by Crippen LogP contribution is 2.32. The van der Waals surface area contributed by atoms with E-state index in [2.05, 4.69) is 25.8 Å². The van der Waals surface area contributed by atoms with E-state index in [0.717, 1.165) is 17.5 Å². The maximum atomic E-state index is 11.3. The number of carbonyl (C=O) groups is 1. The van der Waals surface area contributed by atoms with E-state index in [1.54, 1.807) is 10.9 Å². The van der Waals surface area contributed by atoms with Crippen molar-refractivity contribution in [2.75, 3.05) is 11.1 Å². The number of hydrogen-bond acceptors (Lipinski definition) is 6. The van der Waals surface area contributed by atoms with Gasteiger partial charge in [0.2, 0.25) is 5.91 Å². The number of anilines is 2. The van der Waals surface area contributed by atoms with Crippen LogP contribution in [0.3, 0.4) is 0 Å². The van der Waals surface area contributed by atoms with Gasteiger partial charge >= 0.3 is 0 Å². The van der Waals surface area contributed by atoms with E-state index in [1.165, 1.54) is 6.92 Å². The first-order chi connectivity index (χ1) is 14.0. The van der Waals surface area contributed by atoms with E-state index >= 15 is 0 Å². The minimum absolute atomic E-state index is 0.108. The Labute approximate surface area is 172 Å². The largest absolute Gasteiger partial charge is 0.383 e. The third-order valence-corrected chi connectivity index (χ3v) is 4.74. The van der Waals surface area contributed by atoms with Gasteiger partial charge in [0.05, 0.1) is 11.6 Å². The van der Waals surface area contributed by atoms with Crippen molar-refractivity contribution in [3.63, 3.8) is 0 Å². The number of aromatic nitrogens is 5. The van der Waals surface area contributed by atoms with E-state index in [4.69, 9.17) is 17.3 Å². The lowest BCUT2D eigenvalue weighted by Gasteiger charge is -2.16. The summed E-state index contributed by atoms with van der Waals surface area (Å²) in [5.41, 5.74) is 9.18. The van der Waals surface area contributed by atoms with Crippen LogP contribution >= 0.6 is 11.6 Å². The number of rotatable bonds is 4. The lowest BCUT2D eigenvalue weighted by molar-refractivity contribution is -0.114. The third-order valence-electron chi connectivity index (χ3n) is 4.49. The molecule has 0 fully saturated rings. The molecule has 1 aliphatic carbocycles. The number of allylic oxidation sites excluding steroid dienone is 4. The molecule has 8 nitrogen and oxygen atoms in total. The maximum Gasteiger partial charge on any atom is 0.221 e. The first-order valence-corrected chi connectivity index (χ1v) is 9.34. The van der Waals surface area contributed by atoms with Gasteiger partial charge in [-0.25, -0.2) is 9.67 Å². The molecule has 0 saturated heterocycles. The molecule has 29 heavy (non-hydrogen) atoms. The normalized spacial score (nSPS) is 15.8. The van der Waals surface area contributed by atoms with Gasteiger partial charge < -0.3 is 11.1 Å². The molecule has 1 atom stereocenters. The molecule has 0 aliphatic heterocycles. The van der Waals surface area contributed by atoms with E-state index in [9.17, 15) is 4.79 Å². The molecule has 1 amide bonds. The monoisotopic (exact) mass is 407 g/mol. The van der Waals surface area contributed by atoms with Crippen molar-refractivity contribution in [2.45, 2.75) is 19.4 Å². The van der Waals surface area contributed by atoms with Crippen molar-refractivity contribution in [3.05, 3.63) is 59.8 Å². The molecule has 0 radical (unpaired) electrons. The van der Waals surface area contributed by atoms with Gasteiger partial charge in [0.25, 0.3) is 0 Å². The highest BCUT2D eigenvalue weighted by Gasteiger charge is 2.20. The van der Waals surface area contributed by atoms with Crippen LogP contribution in [-0.2, 0) is 4.79 Å². The molecule has 146 valence electrons. The van der Waals surface area contributed by atoms with Gasteiger partial charge in [-0.05, 0) is 52.8 Å². The minimum Gasteiger partial charge on any atom is -0.383 e. The summed E-state index contributed by atoms with van der Waals surface area (Å²) in [4.78, 5) is 15.7. The Hall–Kier alpha value is -3.52. The summed E-state index contributed by atoms with van der Waals surface area (Å²) >= 11 is 6.14. The lowest BCUT2D eigenvalue weighted by Crippen LogP contribution is -2.12. The van der Waals surface area contributed by atoms with Gasteiger partial charge in [-0.15, -0.1) is 5.10 Å². The summed E-state index contributed by atoms with van der Waals surface area (Å²) in [6, 6.07) is 9.27. The zero-order valence-corrected chi connectivity index (χ0v) is 16.3. The summed E-state index contributed by atoms with van der Waals surface area (Å²) in [5.74, 6) is 0.700. The number of nitrogens with zero attached hydrogens (tertiary/aromatic N) is 5. The Morgan fingerprint density at radius 2 is 2.17 bits per heavy atom. The molecule has 1 aromatic carbocycles. The second-order valence-corrected chi connectivity index (χ2v) is 7.06. The first kappa shape index (κ1) is 18.8. The fraction of sp³-hybridized carbons (Fsp3) is 0.150. The Balaban J connectivity index is 1.74. The number of pyridine rings is 1. The molecule has 0 saturated carbocycles. The average molecular weight is 408 g/mol. The van der Waals surface area contributed by atoms with Crippen LogP contribution in [-0.4, -0.2) is 31.1 Å². The average Bonchev–Trinajstić information content (AvgIpc) is 3.18. The zero-order valence-electron chi connectivity index (χ0n) is 15.6. The third kappa shape index (κ3) is 4.02. The van der Waals surface area contributed by atoms with Crippen LogP contribution in [0, 0.1) is 0 Å². The van der Waals surface area contributed by atoms with Crippen molar-refractivity contribution in [3.8, 4) is 22.5 Å². The number of halogens is 1. The fourth-order valence-electron chi connectivity index (χ4n) is 3.18.